The zero-order valence-corrected chi connectivity index (χ0v) is 7.12. The number of likely N-dealkylation sites (tertiary alicyclic amines) is 1. The van der Waals surface area contributed by atoms with Crippen LogP contribution in [0.3, 0.4) is 0 Å². The van der Waals surface area contributed by atoms with Crippen LogP contribution >= 0.6 is 11.8 Å². The van der Waals surface area contributed by atoms with E-state index in [0.29, 0.717) is 5.91 Å². The fraction of sp³-hybridized carbons (Fsp3) is 0.857. The number of thioether (sulfide) groups is 1. The highest BCUT2D eigenvalue weighted by atomic mass is 32.2. The number of amides is 1. The molecule has 1 aliphatic rings. The molecule has 1 rings (SSSR count). The van der Waals surface area contributed by atoms with E-state index in [4.69, 9.17) is 0 Å². The van der Waals surface area contributed by atoms with E-state index in [1.165, 1.54) is 6.42 Å². The molecule has 3 heteroatoms. The van der Waals surface area contributed by atoms with Gasteiger partial charge in [-0.05, 0) is 19.1 Å². The Bertz CT molecular complexity index is 125. The first-order valence-corrected chi connectivity index (χ1v) is 5.00. The van der Waals surface area contributed by atoms with Gasteiger partial charge in [0.25, 0.3) is 0 Å². The predicted octanol–water partition coefficient (Wildman–Crippen LogP) is 1.32. The van der Waals surface area contributed by atoms with Crippen LogP contribution in [0.25, 0.3) is 0 Å². The van der Waals surface area contributed by atoms with E-state index in [9.17, 15) is 4.79 Å². The van der Waals surface area contributed by atoms with Gasteiger partial charge >= 0.3 is 0 Å². The van der Waals surface area contributed by atoms with E-state index in [-0.39, 0.29) is 0 Å². The Kier molecular flexibility index (Phi) is 3.06. The molecule has 58 valence electrons. The maximum absolute atomic E-state index is 11.1. The Morgan fingerprint density at radius 2 is 2.40 bits per heavy atom. The molecular formula is C7H13NOS. The van der Waals surface area contributed by atoms with Crippen molar-refractivity contribution in [1.82, 2.24) is 4.90 Å². The fourth-order valence-electron chi connectivity index (χ4n) is 1.15. The Morgan fingerprint density at radius 3 is 3.00 bits per heavy atom. The molecule has 0 N–H and O–H groups in total. The Labute approximate surface area is 66.0 Å². The summed E-state index contributed by atoms with van der Waals surface area (Å²) in [5.41, 5.74) is 0. The smallest absolute Gasteiger partial charge is 0.223 e. The SMILES string of the molecule is CSCN1CCCCC1=O. The summed E-state index contributed by atoms with van der Waals surface area (Å²) in [6.07, 6.45) is 5.07. The second-order valence-electron chi connectivity index (χ2n) is 2.53. The van der Waals surface area contributed by atoms with Gasteiger partial charge in [-0.1, -0.05) is 0 Å². The molecule has 0 aliphatic carbocycles. The molecule has 0 radical (unpaired) electrons. The maximum Gasteiger partial charge on any atom is 0.223 e. The number of hydrogen-bond acceptors (Lipinski definition) is 2. The van der Waals surface area contributed by atoms with Crippen molar-refractivity contribution in [3.05, 3.63) is 0 Å². The average molecular weight is 159 g/mol. The lowest BCUT2D eigenvalue weighted by atomic mass is 10.1. The number of rotatable bonds is 2. The van der Waals surface area contributed by atoms with Crippen molar-refractivity contribution in [2.75, 3.05) is 18.7 Å². The van der Waals surface area contributed by atoms with Gasteiger partial charge in [0.15, 0.2) is 0 Å². The van der Waals surface area contributed by atoms with Crippen LogP contribution in [-0.4, -0.2) is 29.5 Å². The van der Waals surface area contributed by atoms with Crippen molar-refractivity contribution in [3.8, 4) is 0 Å². The highest BCUT2D eigenvalue weighted by Crippen LogP contribution is 2.12. The molecule has 2 nitrogen and oxygen atoms in total. The number of carbonyl (C=O) groups is 1. The average Bonchev–Trinajstić information content (AvgIpc) is 1.94. The third-order valence-electron chi connectivity index (χ3n) is 1.71. The molecule has 1 fully saturated rings. The first-order chi connectivity index (χ1) is 4.84. The van der Waals surface area contributed by atoms with Gasteiger partial charge in [-0.25, -0.2) is 0 Å². The van der Waals surface area contributed by atoms with Gasteiger partial charge in [0.1, 0.15) is 0 Å². The van der Waals surface area contributed by atoms with E-state index in [1.807, 2.05) is 11.2 Å². The lowest BCUT2D eigenvalue weighted by molar-refractivity contribution is -0.132. The molecule has 1 amide bonds. The Balaban J connectivity index is 2.32. The van der Waals surface area contributed by atoms with Crippen LogP contribution in [0.2, 0.25) is 0 Å². The van der Waals surface area contributed by atoms with Crippen molar-refractivity contribution >= 4 is 17.7 Å². The minimum absolute atomic E-state index is 0.334. The quantitative estimate of drug-likeness (QED) is 0.605. The molecule has 1 aliphatic heterocycles. The van der Waals surface area contributed by atoms with Crippen molar-refractivity contribution in [2.24, 2.45) is 0 Å². The molecule has 0 spiro atoms. The van der Waals surface area contributed by atoms with E-state index in [1.54, 1.807) is 11.8 Å². The second kappa shape index (κ2) is 3.86. The molecule has 0 atom stereocenters. The summed E-state index contributed by atoms with van der Waals surface area (Å²) in [5.74, 6) is 1.21. The summed E-state index contributed by atoms with van der Waals surface area (Å²) in [6.45, 7) is 0.972. The molecule has 0 aromatic heterocycles. The molecule has 10 heavy (non-hydrogen) atoms. The standard InChI is InChI=1S/C7H13NOS/c1-10-6-8-5-3-2-4-7(8)9/h2-6H2,1H3. The summed E-state index contributed by atoms with van der Waals surface area (Å²) in [4.78, 5) is 13.0. The zero-order valence-electron chi connectivity index (χ0n) is 6.30. The molecule has 0 unspecified atom stereocenters. The number of hydrogen-bond donors (Lipinski definition) is 0. The van der Waals surface area contributed by atoms with Crippen LogP contribution in [0.5, 0.6) is 0 Å². The first-order valence-electron chi connectivity index (χ1n) is 3.61. The van der Waals surface area contributed by atoms with Gasteiger partial charge in [-0.3, -0.25) is 4.79 Å². The Hall–Kier alpha value is -0.180. The lowest BCUT2D eigenvalue weighted by Crippen LogP contribution is -2.34. The van der Waals surface area contributed by atoms with Gasteiger partial charge in [-0.2, -0.15) is 0 Å². The van der Waals surface area contributed by atoms with Crippen LogP contribution in [0.1, 0.15) is 19.3 Å². The van der Waals surface area contributed by atoms with Crippen LogP contribution in [0, 0.1) is 0 Å². The van der Waals surface area contributed by atoms with Gasteiger partial charge < -0.3 is 4.90 Å². The molecule has 0 aromatic rings. The number of nitrogens with zero attached hydrogens (tertiary/aromatic N) is 1. The minimum atomic E-state index is 0.334. The topological polar surface area (TPSA) is 20.3 Å². The van der Waals surface area contributed by atoms with Crippen LogP contribution < -0.4 is 0 Å². The normalized spacial score (nSPS) is 19.7. The number of piperidine rings is 1. The van der Waals surface area contributed by atoms with Crippen molar-refractivity contribution in [1.29, 1.82) is 0 Å². The van der Waals surface area contributed by atoms with E-state index in [0.717, 1.165) is 25.3 Å². The first kappa shape index (κ1) is 7.92. The monoisotopic (exact) mass is 159 g/mol. The summed E-state index contributed by atoms with van der Waals surface area (Å²) in [7, 11) is 0. The Morgan fingerprint density at radius 1 is 1.60 bits per heavy atom. The van der Waals surface area contributed by atoms with Crippen LogP contribution in [-0.2, 0) is 4.79 Å². The zero-order chi connectivity index (χ0) is 7.40. The van der Waals surface area contributed by atoms with Crippen molar-refractivity contribution < 1.29 is 4.79 Å². The summed E-state index contributed by atoms with van der Waals surface area (Å²) < 4.78 is 0. The lowest BCUT2D eigenvalue weighted by Gasteiger charge is -2.25. The summed E-state index contributed by atoms with van der Waals surface area (Å²) in [6, 6.07) is 0. The predicted molar refractivity (Wildman–Crippen MR) is 43.9 cm³/mol. The molecule has 0 bridgehead atoms. The van der Waals surface area contributed by atoms with Gasteiger partial charge in [0.05, 0.1) is 5.88 Å². The molecular weight excluding hydrogens is 146 g/mol. The third kappa shape index (κ3) is 1.90. The van der Waals surface area contributed by atoms with Crippen LogP contribution in [0.15, 0.2) is 0 Å². The van der Waals surface area contributed by atoms with Gasteiger partial charge in [0.2, 0.25) is 5.91 Å². The highest BCUT2D eigenvalue weighted by Gasteiger charge is 2.16. The van der Waals surface area contributed by atoms with Gasteiger partial charge in [0, 0.05) is 13.0 Å². The fourth-order valence-corrected chi connectivity index (χ4v) is 1.74. The maximum atomic E-state index is 11.1. The summed E-state index contributed by atoms with van der Waals surface area (Å²) in [5, 5.41) is 0. The minimum Gasteiger partial charge on any atom is -0.333 e. The second-order valence-corrected chi connectivity index (χ2v) is 3.37. The van der Waals surface area contributed by atoms with Gasteiger partial charge in [-0.15, -0.1) is 11.8 Å². The summed E-state index contributed by atoms with van der Waals surface area (Å²) >= 11 is 1.72. The largest absolute Gasteiger partial charge is 0.333 e. The molecule has 1 heterocycles. The highest BCUT2D eigenvalue weighted by molar-refractivity contribution is 7.98. The van der Waals surface area contributed by atoms with Crippen molar-refractivity contribution in [2.45, 2.75) is 19.3 Å². The molecule has 0 aromatic carbocycles. The number of carbonyl (C=O) groups excluding carboxylic acids is 1. The van der Waals surface area contributed by atoms with E-state index in [2.05, 4.69) is 0 Å². The van der Waals surface area contributed by atoms with E-state index >= 15 is 0 Å². The third-order valence-corrected chi connectivity index (χ3v) is 2.28. The van der Waals surface area contributed by atoms with E-state index < -0.39 is 0 Å². The van der Waals surface area contributed by atoms with Crippen LogP contribution in [0.4, 0.5) is 0 Å². The molecule has 1 saturated heterocycles. The molecule has 0 saturated carbocycles. The van der Waals surface area contributed by atoms with Crippen molar-refractivity contribution in [3.63, 3.8) is 0 Å².